The van der Waals surface area contributed by atoms with Crippen molar-refractivity contribution in [1.82, 2.24) is 10.6 Å². The standard InChI is InChI=1S/C17H26N2O2.ClH/c1-3-21-15(14-7-5-4-6-8-14)16(20)19-13-17(2)9-11-18-12-10-17;/h4-8,15,18H,3,9-13H2,1-2H3,(H,19,20);1H. The van der Waals surface area contributed by atoms with Gasteiger partial charge >= 0.3 is 0 Å². The normalized spacial score (nSPS) is 18.1. The molecule has 1 aliphatic rings. The lowest BCUT2D eigenvalue weighted by Crippen LogP contribution is -2.44. The van der Waals surface area contributed by atoms with Gasteiger partial charge in [0.15, 0.2) is 6.10 Å². The smallest absolute Gasteiger partial charge is 0.253 e. The summed E-state index contributed by atoms with van der Waals surface area (Å²) in [5.74, 6) is -0.0391. The predicted molar refractivity (Wildman–Crippen MR) is 91.3 cm³/mol. The molecule has 1 amide bonds. The molecule has 4 nitrogen and oxygen atoms in total. The van der Waals surface area contributed by atoms with Gasteiger partial charge in [-0.2, -0.15) is 0 Å². The van der Waals surface area contributed by atoms with E-state index in [1.165, 1.54) is 0 Å². The Hall–Kier alpha value is -1.10. The summed E-state index contributed by atoms with van der Waals surface area (Å²) in [4.78, 5) is 12.5. The van der Waals surface area contributed by atoms with Gasteiger partial charge in [0.2, 0.25) is 0 Å². The Morgan fingerprint density at radius 3 is 2.55 bits per heavy atom. The van der Waals surface area contributed by atoms with E-state index < -0.39 is 6.10 Å². The van der Waals surface area contributed by atoms with E-state index >= 15 is 0 Å². The molecule has 0 spiro atoms. The number of amides is 1. The topological polar surface area (TPSA) is 50.4 Å². The molecule has 0 aliphatic carbocycles. The molecule has 1 atom stereocenters. The van der Waals surface area contributed by atoms with Crippen LogP contribution in [-0.2, 0) is 9.53 Å². The fourth-order valence-electron chi connectivity index (χ4n) is 2.72. The van der Waals surface area contributed by atoms with Gasteiger partial charge in [-0.3, -0.25) is 4.79 Å². The minimum absolute atomic E-state index is 0. The highest BCUT2D eigenvalue weighted by molar-refractivity contribution is 5.85. The summed E-state index contributed by atoms with van der Waals surface area (Å²) in [5, 5.41) is 6.44. The number of halogens is 1. The first kappa shape index (κ1) is 18.9. The first-order valence-corrected chi connectivity index (χ1v) is 7.79. The molecule has 0 radical (unpaired) electrons. The van der Waals surface area contributed by atoms with Crippen molar-refractivity contribution in [3.63, 3.8) is 0 Å². The number of carbonyl (C=O) groups is 1. The molecular formula is C17H27ClN2O2. The monoisotopic (exact) mass is 326 g/mol. The molecule has 1 unspecified atom stereocenters. The van der Waals surface area contributed by atoms with Crippen molar-refractivity contribution in [2.75, 3.05) is 26.2 Å². The number of piperidine rings is 1. The van der Waals surface area contributed by atoms with Crippen LogP contribution >= 0.6 is 12.4 Å². The summed E-state index contributed by atoms with van der Waals surface area (Å²) in [6, 6.07) is 9.68. The second-order valence-electron chi connectivity index (χ2n) is 6.02. The minimum atomic E-state index is -0.512. The Kier molecular flexibility index (Phi) is 7.87. The van der Waals surface area contributed by atoms with Crippen LogP contribution in [0.25, 0.3) is 0 Å². The summed E-state index contributed by atoms with van der Waals surface area (Å²) in [6.45, 7) is 7.45. The highest BCUT2D eigenvalue weighted by atomic mass is 35.5. The lowest BCUT2D eigenvalue weighted by molar-refractivity contribution is -0.133. The van der Waals surface area contributed by atoms with Crippen LogP contribution < -0.4 is 10.6 Å². The van der Waals surface area contributed by atoms with Gasteiger partial charge in [0.05, 0.1) is 0 Å². The van der Waals surface area contributed by atoms with Gasteiger partial charge in [-0.1, -0.05) is 37.3 Å². The molecule has 22 heavy (non-hydrogen) atoms. The molecule has 0 bridgehead atoms. The zero-order chi connectivity index (χ0) is 15.1. The summed E-state index contributed by atoms with van der Waals surface area (Å²) < 4.78 is 5.64. The van der Waals surface area contributed by atoms with Crippen LogP contribution in [0, 0.1) is 5.41 Å². The van der Waals surface area contributed by atoms with Crippen molar-refractivity contribution < 1.29 is 9.53 Å². The van der Waals surface area contributed by atoms with E-state index in [0.717, 1.165) is 31.5 Å². The van der Waals surface area contributed by atoms with Crippen LogP contribution in [0.2, 0.25) is 0 Å². The molecule has 1 aromatic carbocycles. The lowest BCUT2D eigenvalue weighted by Gasteiger charge is -2.34. The maximum Gasteiger partial charge on any atom is 0.253 e. The first-order chi connectivity index (χ1) is 10.1. The highest BCUT2D eigenvalue weighted by Gasteiger charge is 2.29. The van der Waals surface area contributed by atoms with Crippen LogP contribution in [0.5, 0.6) is 0 Å². The summed E-state index contributed by atoms with van der Waals surface area (Å²) in [6.07, 6.45) is 1.68. The molecule has 2 N–H and O–H groups in total. The van der Waals surface area contributed by atoms with E-state index in [0.29, 0.717) is 13.2 Å². The zero-order valence-electron chi connectivity index (χ0n) is 13.4. The molecule has 1 saturated heterocycles. The largest absolute Gasteiger partial charge is 0.364 e. The fourth-order valence-corrected chi connectivity index (χ4v) is 2.72. The highest BCUT2D eigenvalue weighted by Crippen LogP contribution is 2.27. The van der Waals surface area contributed by atoms with E-state index in [-0.39, 0.29) is 23.7 Å². The van der Waals surface area contributed by atoms with E-state index in [1.807, 2.05) is 37.3 Å². The number of ether oxygens (including phenoxy) is 1. The number of benzene rings is 1. The SMILES string of the molecule is CCOC(C(=O)NCC1(C)CCNCC1)c1ccccc1.Cl. The van der Waals surface area contributed by atoms with Crippen molar-refractivity contribution in [2.45, 2.75) is 32.8 Å². The van der Waals surface area contributed by atoms with E-state index in [2.05, 4.69) is 17.6 Å². The van der Waals surface area contributed by atoms with Crippen LogP contribution in [0.1, 0.15) is 38.4 Å². The van der Waals surface area contributed by atoms with Crippen molar-refractivity contribution in [1.29, 1.82) is 0 Å². The number of carbonyl (C=O) groups excluding carboxylic acids is 1. The average Bonchev–Trinajstić information content (AvgIpc) is 2.52. The minimum Gasteiger partial charge on any atom is -0.364 e. The Balaban J connectivity index is 0.00000242. The van der Waals surface area contributed by atoms with Gasteiger partial charge < -0.3 is 15.4 Å². The molecule has 1 aromatic rings. The number of hydrogen-bond acceptors (Lipinski definition) is 3. The van der Waals surface area contributed by atoms with E-state index in [9.17, 15) is 4.79 Å². The summed E-state index contributed by atoms with van der Waals surface area (Å²) >= 11 is 0. The van der Waals surface area contributed by atoms with Gasteiger partial charge in [-0.05, 0) is 43.8 Å². The van der Waals surface area contributed by atoms with Crippen LogP contribution in [-0.4, -0.2) is 32.1 Å². The van der Waals surface area contributed by atoms with Crippen molar-refractivity contribution in [2.24, 2.45) is 5.41 Å². The van der Waals surface area contributed by atoms with Crippen LogP contribution in [0.4, 0.5) is 0 Å². The Morgan fingerprint density at radius 1 is 1.32 bits per heavy atom. The lowest BCUT2D eigenvalue weighted by atomic mass is 9.81. The van der Waals surface area contributed by atoms with Crippen LogP contribution in [0.15, 0.2) is 30.3 Å². The molecule has 0 saturated carbocycles. The molecular weight excluding hydrogens is 300 g/mol. The molecule has 124 valence electrons. The molecule has 2 rings (SSSR count). The third-order valence-electron chi connectivity index (χ3n) is 4.17. The second-order valence-corrected chi connectivity index (χ2v) is 6.02. The molecule has 1 fully saturated rings. The van der Waals surface area contributed by atoms with Crippen molar-refractivity contribution in [3.8, 4) is 0 Å². The maximum absolute atomic E-state index is 12.5. The molecule has 1 aliphatic heterocycles. The van der Waals surface area contributed by atoms with E-state index in [1.54, 1.807) is 0 Å². The number of nitrogens with one attached hydrogen (secondary N) is 2. The quantitative estimate of drug-likeness (QED) is 0.845. The Bertz CT molecular complexity index is 447. The summed E-state index contributed by atoms with van der Waals surface area (Å²) in [7, 11) is 0. The fraction of sp³-hybridized carbons (Fsp3) is 0.588. The molecule has 0 aromatic heterocycles. The second kappa shape index (κ2) is 9.13. The maximum atomic E-state index is 12.5. The summed E-state index contributed by atoms with van der Waals surface area (Å²) in [5.41, 5.74) is 1.10. The van der Waals surface area contributed by atoms with Gasteiger partial charge in [0.1, 0.15) is 0 Å². The van der Waals surface area contributed by atoms with Crippen molar-refractivity contribution in [3.05, 3.63) is 35.9 Å². The molecule has 5 heteroatoms. The third-order valence-corrected chi connectivity index (χ3v) is 4.17. The number of rotatable bonds is 6. The van der Waals surface area contributed by atoms with Gasteiger partial charge in [-0.15, -0.1) is 12.4 Å². The number of hydrogen-bond donors (Lipinski definition) is 2. The molecule has 1 heterocycles. The zero-order valence-corrected chi connectivity index (χ0v) is 14.2. The van der Waals surface area contributed by atoms with Crippen molar-refractivity contribution >= 4 is 18.3 Å². The predicted octanol–water partition coefficient (Wildman–Crippen LogP) is 2.69. The van der Waals surface area contributed by atoms with Gasteiger partial charge in [0, 0.05) is 13.2 Å². The Labute approximate surface area is 139 Å². The van der Waals surface area contributed by atoms with Crippen LogP contribution in [0.3, 0.4) is 0 Å². The van der Waals surface area contributed by atoms with E-state index in [4.69, 9.17) is 4.74 Å². The average molecular weight is 327 g/mol. The van der Waals surface area contributed by atoms with Gasteiger partial charge in [-0.25, -0.2) is 0 Å². The third kappa shape index (κ3) is 5.27. The van der Waals surface area contributed by atoms with Gasteiger partial charge in [0.25, 0.3) is 5.91 Å². The first-order valence-electron chi connectivity index (χ1n) is 7.79. The Morgan fingerprint density at radius 2 is 1.95 bits per heavy atom.